The largest absolute Gasteiger partial charge is 0.486 e. The number of nitrogen functional groups attached to an aromatic ring is 1. The molecule has 0 spiro atoms. The third kappa shape index (κ3) is 2.61. The molecule has 0 fully saturated rings. The summed E-state index contributed by atoms with van der Waals surface area (Å²) in [6, 6.07) is 11.5. The van der Waals surface area contributed by atoms with Crippen molar-refractivity contribution in [3.63, 3.8) is 0 Å². The Balaban J connectivity index is 1.92. The molecule has 0 unspecified atom stereocenters. The van der Waals surface area contributed by atoms with Gasteiger partial charge in [0, 0.05) is 22.3 Å². The van der Waals surface area contributed by atoms with Gasteiger partial charge in [-0.3, -0.25) is 0 Å². The van der Waals surface area contributed by atoms with Crippen LogP contribution in [-0.4, -0.2) is 13.2 Å². The summed E-state index contributed by atoms with van der Waals surface area (Å²) in [5.74, 6) is 1.42. The summed E-state index contributed by atoms with van der Waals surface area (Å²) in [6.07, 6.45) is 0. The first-order chi connectivity index (χ1) is 9.22. The Bertz CT molecular complexity index is 616. The van der Waals surface area contributed by atoms with Gasteiger partial charge in [-0.25, -0.2) is 0 Å². The summed E-state index contributed by atoms with van der Waals surface area (Å²) >= 11 is 3.44. The van der Waals surface area contributed by atoms with E-state index in [0.29, 0.717) is 24.7 Å². The van der Waals surface area contributed by atoms with Crippen molar-refractivity contribution in [1.29, 1.82) is 0 Å². The number of hydrogen-bond acceptors (Lipinski definition) is 4. The van der Waals surface area contributed by atoms with Gasteiger partial charge in [-0.2, -0.15) is 0 Å². The highest BCUT2D eigenvalue weighted by atomic mass is 79.9. The van der Waals surface area contributed by atoms with Crippen molar-refractivity contribution in [3.8, 4) is 11.5 Å². The first-order valence-corrected chi connectivity index (χ1v) is 6.73. The summed E-state index contributed by atoms with van der Waals surface area (Å²) in [7, 11) is 0. The fraction of sp³-hybridized carbons (Fsp3) is 0.143. The zero-order valence-corrected chi connectivity index (χ0v) is 11.7. The molecule has 0 atom stereocenters. The van der Waals surface area contributed by atoms with Crippen molar-refractivity contribution >= 4 is 33.0 Å². The Kier molecular flexibility index (Phi) is 3.21. The molecule has 0 aliphatic carbocycles. The molecule has 0 saturated carbocycles. The number of rotatable bonds is 2. The Morgan fingerprint density at radius 3 is 2.53 bits per heavy atom. The summed E-state index contributed by atoms with van der Waals surface area (Å²) < 4.78 is 12.0. The molecule has 0 bridgehead atoms. The predicted molar refractivity (Wildman–Crippen MR) is 79.3 cm³/mol. The molecular formula is C14H13BrN2O2. The molecule has 2 aromatic carbocycles. The van der Waals surface area contributed by atoms with Crippen LogP contribution >= 0.6 is 15.9 Å². The van der Waals surface area contributed by atoms with Crippen molar-refractivity contribution in [3.05, 3.63) is 40.9 Å². The maximum atomic E-state index is 6.02. The number of nitrogens with one attached hydrogen (secondary N) is 1. The van der Waals surface area contributed by atoms with Gasteiger partial charge in [-0.1, -0.05) is 22.0 Å². The van der Waals surface area contributed by atoms with E-state index in [9.17, 15) is 0 Å². The minimum atomic E-state index is 0.560. The standard InChI is InChI=1S/C14H13BrN2O2/c15-9-2-1-3-10(6-9)17-12-8-14-13(7-11(12)16)18-4-5-19-14/h1-3,6-8,17H,4-5,16H2. The summed E-state index contributed by atoms with van der Waals surface area (Å²) in [5.41, 5.74) is 8.41. The SMILES string of the molecule is Nc1cc2c(cc1Nc1cccc(Br)c1)OCCO2. The third-order valence-electron chi connectivity index (χ3n) is 2.82. The predicted octanol–water partition coefficient (Wildman–Crippen LogP) is 3.55. The van der Waals surface area contributed by atoms with Crippen molar-refractivity contribution < 1.29 is 9.47 Å². The number of fused-ring (bicyclic) bond motifs is 1. The van der Waals surface area contributed by atoms with E-state index in [-0.39, 0.29) is 0 Å². The lowest BCUT2D eigenvalue weighted by Gasteiger charge is -2.20. The first-order valence-electron chi connectivity index (χ1n) is 5.94. The number of hydrogen-bond donors (Lipinski definition) is 2. The molecule has 0 amide bonds. The van der Waals surface area contributed by atoms with Gasteiger partial charge in [-0.05, 0) is 18.2 Å². The lowest BCUT2D eigenvalue weighted by molar-refractivity contribution is 0.172. The highest BCUT2D eigenvalue weighted by molar-refractivity contribution is 9.10. The van der Waals surface area contributed by atoms with Crippen LogP contribution in [0.3, 0.4) is 0 Å². The van der Waals surface area contributed by atoms with E-state index < -0.39 is 0 Å². The Hall–Kier alpha value is -1.88. The maximum absolute atomic E-state index is 6.02. The quantitative estimate of drug-likeness (QED) is 0.831. The molecule has 98 valence electrons. The van der Waals surface area contributed by atoms with Crippen LogP contribution in [0.25, 0.3) is 0 Å². The molecule has 0 saturated heterocycles. The minimum Gasteiger partial charge on any atom is -0.486 e. The zero-order valence-electron chi connectivity index (χ0n) is 10.2. The molecule has 3 N–H and O–H groups in total. The Morgan fingerprint density at radius 1 is 1.05 bits per heavy atom. The Morgan fingerprint density at radius 2 is 1.79 bits per heavy atom. The van der Waals surface area contributed by atoms with Crippen LogP contribution in [0.1, 0.15) is 0 Å². The average molecular weight is 321 g/mol. The number of benzene rings is 2. The van der Waals surface area contributed by atoms with Gasteiger partial charge in [0.25, 0.3) is 0 Å². The zero-order chi connectivity index (χ0) is 13.2. The number of ether oxygens (including phenoxy) is 2. The third-order valence-corrected chi connectivity index (χ3v) is 3.31. The van der Waals surface area contributed by atoms with Crippen LogP contribution in [0.4, 0.5) is 17.1 Å². The lowest BCUT2D eigenvalue weighted by Crippen LogP contribution is -2.15. The highest BCUT2D eigenvalue weighted by Gasteiger charge is 2.14. The van der Waals surface area contributed by atoms with Crippen LogP contribution in [0.5, 0.6) is 11.5 Å². The first kappa shape index (κ1) is 12.2. The van der Waals surface area contributed by atoms with Crippen LogP contribution in [0.2, 0.25) is 0 Å². The average Bonchev–Trinajstić information content (AvgIpc) is 2.40. The molecule has 5 heteroatoms. The van der Waals surface area contributed by atoms with Gasteiger partial charge in [0.2, 0.25) is 0 Å². The molecule has 3 rings (SSSR count). The van der Waals surface area contributed by atoms with Gasteiger partial charge in [-0.15, -0.1) is 0 Å². The smallest absolute Gasteiger partial charge is 0.163 e. The van der Waals surface area contributed by atoms with Gasteiger partial charge in [0.15, 0.2) is 11.5 Å². The van der Waals surface area contributed by atoms with E-state index in [2.05, 4.69) is 21.2 Å². The van der Waals surface area contributed by atoms with E-state index in [1.807, 2.05) is 30.3 Å². The monoisotopic (exact) mass is 320 g/mol. The van der Waals surface area contributed by atoms with E-state index in [0.717, 1.165) is 21.6 Å². The number of nitrogens with two attached hydrogens (primary N) is 1. The summed E-state index contributed by atoms with van der Waals surface area (Å²) in [4.78, 5) is 0. The van der Waals surface area contributed by atoms with E-state index in [1.165, 1.54) is 0 Å². The maximum Gasteiger partial charge on any atom is 0.163 e. The number of halogens is 1. The molecule has 2 aromatic rings. The second kappa shape index (κ2) is 5.01. The summed E-state index contributed by atoms with van der Waals surface area (Å²) in [5, 5.41) is 3.27. The van der Waals surface area contributed by atoms with Crippen LogP contribution in [-0.2, 0) is 0 Å². The van der Waals surface area contributed by atoms with Gasteiger partial charge in [0.1, 0.15) is 13.2 Å². The topological polar surface area (TPSA) is 56.5 Å². The second-order valence-electron chi connectivity index (χ2n) is 4.22. The second-order valence-corrected chi connectivity index (χ2v) is 5.13. The van der Waals surface area contributed by atoms with Crippen molar-refractivity contribution in [1.82, 2.24) is 0 Å². The molecule has 1 aliphatic heterocycles. The summed E-state index contributed by atoms with van der Waals surface area (Å²) in [6.45, 7) is 1.12. The lowest BCUT2D eigenvalue weighted by atomic mass is 10.2. The van der Waals surface area contributed by atoms with Gasteiger partial charge >= 0.3 is 0 Å². The van der Waals surface area contributed by atoms with Crippen molar-refractivity contribution in [2.24, 2.45) is 0 Å². The van der Waals surface area contributed by atoms with Crippen molar-refractivity contribution in [2.45, 2.75) is 0 Å². The fourth-order valence-corrected chi connectivity index (χ4v) is 2.33. The number of anilines is 3. The highest BCUT2D eigenvalue weighted by Crippen LogP contribution is 2.38. The van der Waals surface area contributed by atoms with Crippen LogP contribution in [0.15, 0.2) is 40.9 Å². The molecule has 0 radical (unpaired) electrons. The fourth-order valence-electron chi connectivity index (χ4n) is 1.93. The molecular weight excluding hydrogens is 308 g/mol. The van der Waals surface area contributed by atoms with E-state index >= 15 is 0 Å². The molecule has 1 heterocycles. The molecule has 0 aromatic heterocycles. The van der Waals surface area contributed by atoms with Gasteiger partial charge < -0.3 is 20.5 Å². The normalized spacial score (nSPS) is 13.1. The van der Waals surface area contributed by atoms with Crippen LogP contribution in [0, 0.1) is 0 Å². The van der Waals surface area contributed by atoms with Gasteiger partial charge in [0.05, 0.1) is 11.4 Å². The minimum absolute atomic E-state index is 0.560. The van der Waals surface area contributed by atoms with Crippen LogP contribution < -0.4 is 20.5 Å². The van der Waals surface area contributed by atoms with E-state index in [4.69, 9.17) is 15.2 Å². The Labute approximate surface area is 119 Å². The van der Waals surface area contributed by atoms with E-state index in [1.54, 1.807) is 6.07 Å². The molecule has 19 heavy (non-hydrogen) atoms. The molecule has 4 nitrogen and oxygen atoms in total. The molecule has 1 aliphatic rings. The van der Waals surface area contributed by atoms with Crippen molar-refractivity contribution in [2.75, 3.05) is 24.3 Å².